The molecule has 1 aromatic heterocycles. The number of rotatable bonds is 7. The lowest BCUT2D eigenvalue weighted by Gasteiger charge is -2.25. The number of anilines is 1. The second kappa shape index (κ2) is 9.81. The number of nitrogens with one attached hydrogen (secondary N) is 1. The second-order valence-electron chi connectivity index (χ2n) is 7.68. The minimum absolute atomic E-state index is 0.0282. The number of sulfonamides is 1. The number of carbonyl (C=O) groups excluding carboxylic acids is 1. The highest BCUT2D eigenvalue weighted by Gasteiger charge is 2.26. The first-order valence-electron chi connectivity index (χ1n) is 10.5. The third kappa shape index (κ3) is 5.24. The van der Waals surface area contributed by atoms with Gasteiger partial charge in [0.25, 0.3) is 11.6 Å². The van der Waals surface area contributed by atoms with Gasteiger partial charge in [0.05, 0.1) is 20.9 Å². The molecule has 0 radical (unpaired) electrons. The van der Waals surface area contributed by atoms with Crippen molar-refractivity contribution in [3.05, 3.63) is 70.4 Å². The number of sulfone groups is 1. The van der Waals surface area contributed by atoms with Gasteiger partial charge >= 0.3 is 0 Å². The summed E-state index contributed by atoms with van der Waals surface area (Å²) in [7, 11) is -7.61. The van der Waals surface area contributed by atoms with Crippen LogP contribution in [0.1, 0.15) is 29.6 Å². The topological polar surface area (TPSA) is 157 Å². The van der Waals surface area contributed by atoms with Gasteiger partial charge in [-0.25, -0.2) is 21.8 Å². The highest BCUT2D eigenvalue weighted by molar-refractivity contribution is 7.93. The molecule has 1 aliphatic heterocycles. The Hall–Kier alpha value is -3.20. The number of nitro groups is 1. The molecular weight excluding hydrogens is 516 g/mol. The molecule has 1 saturated heterocycles. The summed E-state index contributed by atoms with van der Waals surface area (Å²) >= 11 is 0.727. The fourth-order valence-electron chi connectivity index (χ4n) is 3.51. The molecule has 1 N–H and O–H groups in total. The van der Waals surface area contributed by atoms with Gasteiger partial charge in [-0.05, 0) is 49.2 Å². The van der Waals surface area contributed by atoms with Crippen molar-refractivity contribution in [1.82, 2.24) is 9.29 Å². The molecular formula is C21H20N4O7S3. The lowest BCUT2D eigenvalue weighted by molar-refractivity contribution is -0.384. The highest BCUT2D eigenvalue weighted by Crippen LogP contribution is 2.30. The average Bonchev–Trinajstić information content (AvgIpc) is 3.34. The van der Waals surface area contributed by atoms with Crippen LogP contribution in [-0.2, 0) is 19.9 Å². The van der Waals surface area contributed by atoms with Crippen LogP contribution in [0, 0.1) is 10.1 Å². The number of carbonyl (C=O) groups is 1. The SMILES string of the molecule is O=C(Nc1ncc(S(=O)(=O)c2ccc([N+](=O)[O-])cc2)s1)c1ccc(S(=O)(=O)N2CCCCC2)cc1. The smallest absolute Gasteiger partial charge is 0.269 e. The molecule has 0 spiro atoms. The molecule has 0 atom stereocenters. The molecule has 2 aromatic carbocycles. The Morgan fingerprint density at radius 2 is 1.54 bits per heavy atom. The summed E-state index contributed by atoms with van der Waals surface area (Å²) in [6.07, 6.45) is 3.72. The summed E-state index contributed by atoms with van der Waals surface area (Å²) in [5.41, 5.74) is -0.0616. The van der Waals surface area contributed by atoms with Gasteiger partial charge < -0.3 is 0 Å². The van der Waals surface area contributed by atoms with E-state index < -0.39 is 30.7 Å². The van der Waals surface area contributed by atoms with Crippen LogP contribution in [0.15, 0.2) is 68.7 Å². The molecule has 184 valence electrons. The van der Waals surface area contributed by atoms with Crippen LogP contribution in [-0.4, -0.2) is 50.0 Å². The molecule has 14 heteroatoms. The molecule has 11 nitrogen and oxygen atoms in total. The number of benzene rings is 2. The normalized spacial score (nSPS) is 15.0. The van der Waals surface area contributed by atoms with E-state index in [9.17, 15) is 31.7 Å². The molecule has 4 rings (SSSR count). The van der Waals surface area contributed by atoms with Crippen molar-refractivity contribution in [2.24, 2.45) is 0 Å². The van der Waals surface area contributed by atoms with Crippen molar-refractivity contribution in [3.8, 4) is 0 Å². The van der Waals surface area contributed by atoms with E-state index in [2.05, 4.69) is 10.3 Å². The monoisotopic (exact) mass is 536 g/mol. The zero-order valence-electron chi connectivity index (χ0n) is 18.2. The van der Waals surface area contributed by atoms with E-state index in [1.807, 2.05) is 0 Å². The van der Waals surface area contributed by atoms with Crippen LogP contribution in [0.4, 0.5) is 10.8 Å². The maximum absolute atomic E-state index is 12.8. The zero-order chi connectivity index (χ0) is 25.2. The molecule has 0 bridgehead atoms. The number of amides is 1. The first-order chi connectivity index (χ1) is 16.6. The number of hydrogen-bond acceptors (Lipinski definition) is 9. The molecule has 1 fully saturated rings. The largest absolute Gasteiger partial charge is 0.298 e. The molecule has 0 saturated carbocycles. The Balaban J connectivity index is 1.46. The number of piperidine rings is 1. The van der Waals surface area contributed by atoms with Crippen molar-refractivity contribution >= 4 is 47.9 Å². The first kappa shape index (κ1) is 24.9. The number of aromatic nitrogens is 1. The van der Waals surface area contributed by atoms with E-state index >= 15 is 0 Å². The Bertz CT molecular complexity index is 1460. The Morgan fingerprint density at radius 1 is 0.943 bits per heavy atom. The fourth-order valence-corrected chi connectivity index (χ4v) is 7.45. The first-order valence-corrected chi connectivity index (χ1v) is 14.2. The van der Waals surface area contributed by atoms with Gasteiger partial charge in [-0.1, -0.05) is 17.8 Å². The van der Waals surface area contributed by atoms with Crippen molar-refractivity contribution in [1.29, 1.82) is 0 Å². The van der Waals surface area contributed by atoms with E-state index in [1.165, 1.54) is 28.6 Å². The molecule has 0 unspecified atom stereocenters. The standard InChI is InChI=1S/C21H20N4O7S3/c26-20(15-4-8-18(9-5-15)35(31,32)24-12-2-1-3-13-24)23-21-22-14-19(33-21)34(29,30)17-10-6-16(7-11-17)25(27)28/h4-11,14H,1-3,12-13H2,(H,22,23,26). The molecule has 35 heavy (non-hydrogen) atoms. The predicted molar refractivity (Wildman–Crippen MR) is 128 cm³/mol. The van der Waals surface area contributed by atoms with Crippen LogP contribution < -0.4 is 5.32 Å². The summed E-state index contributed by atoms with van der Waals surface area (Å²) in [5.74, 6) is -0.583. The highest BCUT2D eigenvalue weighted by atomic mass is 32.2. The summed E-state index contributed by atoms with van der Waals surface area (Å²) in [6, 6.07) is 9.94. The van der Waals surface area contributed by atoms with E-state index in [4.69, 9.17) is 0 Å². The second-order valence-corrected chi connectivity index (χ2v) is 12.8. The quantitative estimate of drug-likeness (QED) is 0.356. The van der Waals surface area contributed by atoms with E-state index in [0.29, 0.717) is 13.1 Å². The number of nitro benzene ring substituents is 1. The summed E-state index contributed by atoms with van der Waals surface area (Å²) in [4.78, 5) is 26.6. The van der Waals surface area contributed by atoms with Gasteiger partial charge in [0.1, 0.15) is 4.21 Å². The minimum Gasteiger partial charge on any atom is -0.298 e. The molecule has 2 heterocycles. The van der Waals surface area contributed by atoms with Gasteiger partial charge in [-0.15, -0.1) is 0 Å². The number of non-ortho nitro benzene ring substituents is 1. The van der Waals surface area contributed by atoms with Crippen LogP contribution in [0.2, 0.25) is 0 Å². The van der Waals surface area contributed by atoms with Crippen molar-refractivity contribution in [3.63, 3.8) is 0 Å². The number of hydrogen-bond donors (Lipinski definition) is 1. The van der Waals surface area contributed by atoms with Gasteiger partial charge in [-0.2, -0.15) is 4.31 Å². The molecule has 3 aromatic rings. The third-order valence-electron chi connectivity index (χ3n) is 5.40. The number of nitrogens with zero attached hydrogens (tertiary/aromatic N) is 3. The lowest BCUT2D eigenvalue weighted by Crippen LogP contribution is -2.35. The van der Waals surface area contributed by atoms with Crippen LogP contribution >= 0.6 is 11.3 Å². The summed E-state index contributed by atoms with van der Waals surface area (Å²) in [5, 5.41) is 13.3. The van der Waals surface area contributed by atoms with E-state index in [1.54, 1.807) is 0 Å². The zero-order valence-corrected chi connectivity index (χ0v) is 20.6. The van der Waals surface area contributed by atoms with Crippen LogP contribution in [0.25, 0.3) is 0 Å². The average molecular weight is 537 g/mol. The van der Waals surface area contributed by atoms with Crippen molar-refractivity contribution < 1.29 is 26.6 Å². The Kier molecular flexibility index (Phi) is 6.98. The molecule has 0 aliphatic carbocycles. The van der Waals surface area contributed by atoms with Crippen molar-refractivity contribution in [2.45, 2.75) is 33.3 Å². The lowest BCUT2D eigenvalue weighted by atomic mass is 10.2. The summed E-state index contributed by atoms with van der Waals surface area (Å²) < 4.78 is 52.3. The predicted octanol–water partition coefficient (Wildman–Crippen LogP) is 3.31. The van der Waals surface area contributed by atoms with Crippen LogP contribution in [0.3, 0.4) is 0 Å². The maximum atomic E-state index is 12.8. The van der Waals surface area contributed by atoms with Gasteiger partial charge in [0.15, 0.2) is 5.13 Å². The maximum Gasteiger partial charge on any atom is 0.269 e. The third-order valence-corrected chi connectivity index (χ3v) is 10.5. The van der Waals surface area contributed by atoms with E-state index in [-0.39, 0.29) is 30.4 Å². The minimum atomic E-state index is -3.98. The van der Waals surface area contributed by atoms with Crippen LogP contribution in [0.5, 0.6) is 0 Å². The summed E-state index contributed by atoms with van der Waals surface area (Å²) in [6.45, 7) is 0.944. The Labute approximate surface area is 205 Å². The fraction of sp³-hybridized carbons (Fsp3) is 0.238. The molecule has 1 amide bonds. The van der Waals surface area contributed by atoms with E-state index in [0.717, 1.165) is 61.1 Å². The van der Waals surface area contributed by atoms with Gasteiger partial charge in [0, 0.05) is 30.8 Å². The number of thiazole rings is 1. The van der Waals surface area contributed by atoms with Crippen molar-refractivity contribution in [2.75, 3.05) is 18.4 Å². The van der Waals surface area contributed by atoms with Gasteiger partial charge in [-0.3, -0.25) is 20.2 Å². The van der Waals surface area contributed by atoms with Gasteiger partial charge in [0.2, 0.25) is 19.9 Å². The molecule has 1 aliphatic rings. The Morgan fingerprint density at radius 3 is 2.14 bits per heavy atom.